The van der Waals surface area contributed by atoms with Crippen LogP contribution < -0.4 is 19.5 Å². The summed E-state index contributed by atoms with van der Waals surface area (Å²) in [6.07, 6.45) is 5.46. The fourth-order valence-electron chi connectivity index (χ4n) is 2.80. The molecule has 0 unspecified atom stereocenters. The van der Waals surface area contributed by atoms with Crippen molar-refractivity contribution in [1.82, 2.24) is 5.32 Å². The van der Waals surface area contributed by atoms with Gasteiger partial charge in [-0.3, -0.25) is 4.79 Å². The molecule has 1 aliphatic rings. The first kappa shape index (κ1) is 17.9. The van der Waals surface area contributed by atoms with E-state index in [9.17, 15) is 9.59 Å². The van der Waals surface area contributed by atoms with Crippen molar-refractivity contribution in [1.29, 1.82) is 0 Å². The summed E-state index contributed by atoms with van der Waals surface area (Å²) in [5.41, 5.74) is 0.0164. The van der Waals surface area contributed by atoms with Crippen LogP contribution in [-0.4, -0.2) is 43.9 Å². The van der Waals surface area contributed by atoms with E-state index in [1.807, 2.05) is 0 Å². The summed E-state index contributed by atoms with van der Waals surface area (Å²) in [4.78, 5) is 23.2. The van der Waals surface area contributed by atoms with Crippen LogP contribution in [0.5, 0.6) is 17.2 Å². The van der Waals surface area contributed by atoms with Gasteiger partial charge in [-0.1, -0.05) is 19.3 Å². The first-order valence-corrected chi connectivity index (χ1v) is 7.96. The molecule has 0 radical (unpaired) electrons. The van der Waals surface area contributed by atoms with Crippen LogP contribution in [-0.2, 0) is 4.79 Å². The van der Waals surface area contributed by atoms with Gasteiger partial charge in [-0.05, 0) is 25.0 Å². The average molecular weight is 337 g/mol. The minimum absolute atomic E-state index is 0.0164. The van der Waals surface area contributed by atoms with Gasteiger partial charge in [0.25, 0.3) is 5.91 Å². The van der Waals surface area contributed by atoms with Gasteiger partial charge in [-0.25, -0.2) is 4.79 Å². The number of hydrogen-bond acceptors (Lipinski definition) is 5. The molecule has 2 rings (SSSR count). The summed E-state index contributed by atoms with van der Waals surface area (Å²) < 4.78 is 15.9. The molecule has 0 saturated heterocycles. The average Bonchev–Trinajstić information content (AvgIpc) is 2.59. The molecule has 0 aromatic heterocycles. The number of rotatable bonds is 7. The maximum atomic E-state index is 12.0. The van der Waals surface area contributed by atoms with E-state index in [4.69, 9.17) is 19.3 Å². The summed E-state index contributed by atoms with van der Waals surface area (Å²) in [6.45, 7) is -0.185. The summed E-state index contributed by atoms with van der Waals surface area (Å²) in [5.74, 6) is -0.695. The molecule has 0 atom stereocenters. The van der Waals surface area contributed by atoms with Gasteiger partial charge in [0.2, 0.25) is 5.75 Å². The molecule has 1 saturated carbocycles. The summed E-state index contributed by atoms with van der Waals surface area (Å²) in [7, 11) is 2.80. The van der Waals surface area contributed by atoms with Crippen LogP contribution in [0.15, 0.2) is 12.1 Å². The normalized spacial score (nSPS) is 14.8. The number of carbonyl (C=O) groups is 2. The van der Waals surface area contributed by atoms with Crippen LogP contribution >= 0.6 is 0 Å². The third kappa shape index (κ3) is 4.53. The molecule has 1 amide bonds. The number of hydrogen-bond donors (Lipinski definition) is 2. The summed E-state index contributed by atoms with van der Waals surface area (Å²) in [5, 5.41) is 12.1. The Hall–Kier alpha value is -2.44. The molecule has 2 N–H and O–H groups in total. The van der Waals surface area contributed by atoms with Crippen molar-refractivity contribution < 1.29 is 28.9 Å². The Morgan fingerprint density at radius 3 is 2.21 bits per heavy atom. The molecule has 1 fully saturated rings. The molecule has 0 heterocycles. The van der Waals surface area contributed by atoms with E-state index in [1.54, 1.807) is 0 Å². The third-order valence-electron chi connectivity index (χ3n) is 4.03. The van der Waals surface area contributed by atoms with Crippen LogP contribution in [0.4, 0.5) is 0 Å². The van der Waals surface area contributed by atoms with Gasteiger partial charge in [-0.2, -0.15) is 0 Å². The van der Waals surface area contributed by atoms with E-state index < -0.39 is 5.97 Å². The highest BCUT2D eigenvalue weighted by molar-refractivity contribution is 5.89. The minimum atomic E-state index is -1.10. The molecular formula is C17H23NO6. The number of ether oxygens (including phenoxy) is 3. The molecule has 0 bridgehead atoms. The second-order valence-corrected chi connectivity index (χ2v) is 5.71. The van der Waals surface area contributed by atoms with E-state index in [0.717, 1.165) is 25.7 Å². The predicted molar refractivity (Wildman–Crippen MR) is 87.0 cm³/mol. The van der Waals surface area contributed by atoms with Crippen LogP contribution in [0, 0.1) is 0 Å². The highest BCUT2D eigenvalue weighted by Crippen LogP contribution is 2.38. The van der Waals surface area contributed by atoms with Crippen molar-refractivity contribution in [2.45, 2.75) is 38.1 Å². The lowest BCUT2D eigenvalue weighted by Gasteiger charge is -2.23. The van der Waals surface area contributed by atoms with Crippen LogP contribution in [0.1, 0.15) is 42.5 Å². The molecular weight excluding hydrogens is 314 g/mol. The Morgan fingerprint density at radius 2 is 1.71 bits per heavy atom. The number of methoxy groups -OCH3 is 2. The Kier molecular flexibility index (Phi) is 6.28. The number of carboxylic acid groups (broad SMARTS) is 1. The quantitative estimate of drug-likeness (QED) is 0.792. The fraction of sp³-hybridized carbons (Fsp3) is 0.529. The Labute approximate surface area is 140 Å². The molecule has 7 nitrogen and oxygen atoms in total. The first-order valence-electron chi connectivity index (χ1n) is 7.96. The molecule has 0 aliphatic heterocycles. The predicted octanol–water partition coefficient (Wildman–Crippen LogP) is 2.23. The number of carbonyl (C=O) groups excluding carboxylic acids is 1. The van der Waals surface area contributed by atoms with E-state index in [-0.39, 0.29) is 41.4 Å². The summed E-state index contributed by atoms with van der Waals surface area (Å²) >= 11 is 0. The topological polar surface area (TPSA) is 94.1 Å². The van der Waals surface area contributed by atoms with Crippen molar-refractivity contribution in [3.8, 4) is 17.2 Å². The maximum Gasteiger partial charge on any atom is 0.335 e. The highest BCUT2D eigenvalue weighted by atomic mass is 16.5. The van der Waals surface area contributed by atoms with Gasteiger partial charge in [0.05, 0.1) is 19.8 Å². The second-order valence-electron chi connectivity index (χ2n) is 5.71. The van der Waals surface area contributed by atoms with Gasteiger partial charge in [0.15, 0.2) is 18.1 Å². The van der Waals surface area contributed by atoms with Gasteiger partial charge in [0, 0.05) is 6.04 Å². The molecule has 0 spiro atoms. The molecule has 1 aromatic carbocycles. The Bertz CT molecular complexity index is 570. The zero-order valence-corrected chi connectivity index (χ0v) is 14.0. The van der Waals surface area contributed by atoms with Gasteiger partial charge in [0.1, 0.15) is 0 Å². The van der Waals surface area contributed by atoms with E-state index in [1.165, 1.54) is 32.8 Å². The van der Waals surface area contributed by atoms with Crippen molar-refractivity contribution in [3.05, 3.63) is 17.7 Å². The number of nitrogens with one attached hydrogen (secondary N) is 1. The monoisotopic (exact) mass is 337 g/mol. The number of carboxylic acids is 1. The van der Waals surface area contributed by atoms with Crippen molar-refractivity contribution in [3.63, 3.8) is 0 Å². The van der Waals surface area contributed by atoms with Crippen molar-refractivity contribution in [2.75, 3.05) is 20.8 Å². The Balaban J connectivity index is 2.04. The third-order valence-corrected chi connectivity index (χ3v) is 4.03. The van der Waals surface area contributed by atoms with E-state index in [0.29, 0.717) is 0 Å². The second kappa shape index (κ2) is 8.42. The van der Waals surface area contributed by atoms with Crippen molar-refractivity contribution in [2.24, 2.45) is 0 Å². The van der Waals surface area contributed by atoms with Crippen molar-refractivity contribution >= 4 is 11.9 Å². The van der Waals surface area contributed by atoms with Gasteiger partial charge < -0.3 is 24.6 Å². The number of aromatic carboxylic acids is 1. The zero-order chi connectivity index (χ0) is 17.5. The van der Waals surface area contributed by atoms with Gasteiger partial charge >= 0.3 is 5.97 Å². The van der Waals surface area contributed by atoms with Crippen LogP contribution in [0.25, 0.3) is 0 Å². The standard InChI is InChI=1S/C17H23NO6/c1-22-13-8-11(17(20)21)9-14(23-2)16(13)24-10-15(19)18-12-6-4-3-5-7-12/h8-9,12H,3-7,10H2,1-2H3,(H,18,19)(H,20,21). The minimum Gasteiger partial charge on any atom is -0.493 e. The smallest absolute Gasteiger partial charge is 0.335 e. The highest BCUT2D eigenvalue weighted by Gasteiger charge is 2.20. The Morgan fingerprint density at radius 1 is 1.12 bits per heavy atom. The zero-order valence-electron chi connectivity index (χ0n) is 14.0. The van der Waals surface area contributed by atoms with Gasteiger partial charge in [-0.15, -0.1) is 0 Å². The number of amides is 1. The molecule has 1 aromatic rings. The molecule has 7 heteroatoms. The van der Waals surface area contributed by atoms with E-state index >= 15 is 0 Å². The maximum absolute atomic E-state index is 12.0. The molecule has 1 aliphatic carbocycles. The molecule has 132 valence electrons. The lowest BCUT2D eigenvalue weighted by molar-refractivity contribution is -0.124. The van der Waals surface area contributed by atoms with Crippen LogP contribution in [0.3, 0.4) is 0 Å². The lowest BCUT2D eigenvalue weighted by Crippen LogP contribution is -2.39. The summed E-state index contributed by atoms with van der Waals surface area (Å²) in [6, 6.07) is 2.87. The number of benzene rings is 1. The lowest BCUT2D eigenvalue weighted by atomic mass is 9.95. The first-order chi connectivity index (χ1) is 11.5. The fourth-order valence-corrected chi connectivity index (χ4v) is 2.80. The molecule has 24 heavy (non-hydrogen) atoms. The van der Waals surface area contributed by atoms with E-state index in [2.05, 4.69) is 5.32 Å². The van der Waals surface area contributed by atoms with Crippen LogP contribution in [0.2, 0.25) is 0 Å². The SMILES string of the molecule is COc1cc(C(=O)O)cc(OC)c1OCC(=O)NC1CCCCC1. The largest absolute Gasteiger partial charge is 0.493 e.